The first-order valence-corrected chi connectivity index (χ1v) is 3.91. The summed E-state index contributed by atoms with van der Waals surface area (Å²) in [5, 5.41) is 7.53. The van der Waals surface area contributed by atoms with Gasteiger partial charge in [-0.05, 0) is 31.6 Å². The number of methoxy groups -OCH3 is 1. The predicted octanol–water partition coefficient (Wildman–Crippen LogP) is 1.84. The molecule has 1 aliphatic carbocycles. The van der Waals surface area contributed by atoms with E-state index in [9.17, 15) is 0 Å². The number of ether oxygens (including phenoxy) is 1. The molecule has 10 heavy (non-hydrogen) atoms. The molecular formula is C8H15NO. The highest BCUT2D eigenvalue weighted by molar-refractivity contribution is 5.85. The second kappa shape index (κ2) is 3.71. The van der Waals surface area contributed by atoms with E-state index >= 15 is 0 Å². The zero-order valence-electron chi connectivity index (χ0n) is 6.52. The van der Waals surface area contributed by atoms with Crippen LogP contribution in [-0.4, -0.2) is 19.4 Å². The van der Waals surface area contributed by atoms with Gasteiger partial charge < -0.3 is 10.1 Å². The van der Waals surface area contributed by atoms with Gasteiger partial charge in [0.15, 0.2) is 0 Å². The van der Waals surface area contributed by atoms with Crippen LogP contribution in [0.1, 0.15) is 25.7 Å². The molecule has 0 spiro atoms. The SMILES string of the molecule is COCCCC(=N)C1CC1. The van der Waals surface area contributed by atoms with E-state index in [4.69, 9.17) is 10.1 Å². The summed E-state index contributed by atoms with van der Waals surface area (Å²) in [7, 11) is 1.71. The number of rotatable bonds is 5. The molecule has 2 nitrogen and oxygen atoms in total. The van der Waals surface area contributed by atoms with Crippen molar-refractivity contribution in [3.8, 4) is 0 Å². The largest absolute Gasteiger partial charge is 0.385 e. The molecule has 1 fully saturated rings. The molecule has 1 rings (SSSR count). The second-order valence-electron chi connectivity index (χ2n) is 2.90. The topological polar surface area (TPSA) is 33.1 Å². The van der Waals surface area contributed by atoms with Crippen LogP contribution >= 0.6 is 0 Å². The van der Waals surface area contributed by atoms with Gasteiger partial charge in [0.2, 0.25) is 0 Å². The van der Waals surface area contributed by atoms with Gasteiger partial charge in [-0.1, -0.05) is 0 Å². The molecular weight excluding hydrogens is 126 g/mol. The van der Waals surface area contributed by atoms with Crippen LogP contribution in [0.15, 0.2) is 0 Å². The smallest absolute Gasteiger partial charge is 0.0465 e. The molecule has 0 unspecified atom stereocenters. The van der Waals surface area contributed by atoms with Gasteiger partial charge in [0, 0.05) is 19.4 Å². The Morgan fingerprint density at radius 1 is 1.60 bits per heavy atom. The molecule has 0 amide bonds. The summed E-state index contributed by atoms with van der Waals surface area (Å²) in [5.74, 6) is 0.650. The van der Waals surface area contributed by atoms with Crippen LogP contribution in [-0.2, 0) is 4.74 Å². The van der Waals surface area contributed by atoms with Gasteiger partial charge in [0.1, 0.15) is 0 Å². The maximum absolute atomic E-state index is 7.53. The van der Waals surface area contributed by atoms with Crippen molar-refractivity contribution in [2.75, 3.05) is 13.7 Å². The van der Waals surface area contributed by atoms with Crippen LogP contribution in [0.25, 0.3) is 0 Å². The van der Waals surface area contributed by atoms with Crippen molar-refractivity contribution >= 4 is 5.71 Å². The van der Waals surface area contributed by atoms with Crippen molar-refractivity contribution in [1.29, 1.82) is 5.41 Å². The minimum absolute atomic E-state index is 0.650. The third-order valence-electron chi connectivity index (χ3n) is 1.86. The first-order chi connectivity index (χ1) is 4.84. The fraction of sp³-hybridized carbons (Fsp3) is 0.875. The highest BCUT2D eigenvalue weighted by Crippen LogP contribution is 2.31. The predicted molar refractivity (Wildman–Crippen MR) is 41.6 cm³/mol. The minimum Gasteiger partial charge on any atom is -0.385 e. The lowest BCUT2D eigenvalue weighted by Gasteiger charge is -1.99. The van der Waals surface area contributed by atoms with E-state index in [0.29, 0.717) is 5.92 Å². The van der Waals surface area contributed by atoms with E-state index in [1.54, 1.807) is 7.11 Å². The van der Waals surface area contributed by atoms with E-state index < -0.39 is 0 Å². The van der Waals surface area contributed by atoms with E-state index in [-0.39, 0.29) is 0 Å². The third-order valence-corrected chi connectivity index (χ3v) is 1.86. The Hall–Kier alpha value is -0.370. The first-order valence-electron chi connectivity index (χ1n) is 3.91. The Morgan fingerprint density at radius 2 is 2.30 bits per heavy atom. The summed E-state index contributed by atoms with van der Waals surface area (Å²) in [6.45, 7) is 0.801. The summed E-state index contributed by atoms with van der Waals surface area (Å²) in [6.07, 6.45) is 4.47. The van der Waals surface area contributed by atoms with Gasteiger partial charge in [-0.3, -0.25) is 0 Å². The van der Waals surface area contributed by atoms with Gasteiger partial charge in [0.25, 0.3) is 0 Å². The Morgan fingerprint density at radius 3 is 2.80 bits per heavy atom. The number of hydrogen-bond acceptors (Lipinski definition) is 2. The average Bonchev–Trinajstić information content (AvgIpc) is 2.69. The Bertz CT molecular complexity index is 118. The molecule has 1 saturated carbocycles. The maximum Gasteiger partial charge on any atom is 0.0465 e. The average molecular weight is 141 g/mol. The van der Waals surface area contributed by atoms with E-state index in [1.807, 2.05) is 0 Å². The summed E-state index contributed by atoms with van der Waals surface area (Å²) < 4.78 is 4.90. The summed E-state index contributed by atoms with van der Waals surface area (Å²) in [5.41, 5.74) is 0.942. The highest BCUT2D eigenvalue weighted by Gasteiger charge is 2.25. The van der Waals surface area contributed by atoms with Crippen molar-refractivity contribution in [3.63, 3.8) is 0 Å². The zero-order chi connectivity index (χ0) is 7.40. The molecule has 0 bridgehead atoms. The van der Waals surface area contributed by atoms with E-state index in [1.165, 1.54) is 12.8 Å². The standard InChI is InChI=1S/C8H15NO/c1-10-6-2-3-8(9)7-4-5-7/h7,9H,2-6H2,1H3. The van der Waals surface area contributed by atoms with Crippen molar-refractivity contribution in [2.45, 2.75) is 25.7 Å². The molecule has 0 atom stereocenters. The maximum atomic E-state index is 7.53. The van der Waals surface area contributed by atoms with Gasteiger partial charge in [-0.25, -0.2) is 0 Å². The minimum atomic E-state index is 0.650. The summed E-state index contributed by atoms with van der Waals surface area (Å²) >= 11 is 0. The van der Waals surface area contributed by atoms with Crippen LogP contribution in [0.4, 0.5) is 0 Å². The molecule has 0 saturated heterocycles. The zero-order valence-corrected chi connectivity index (χ0v) is 6.52. The van der Waals surface area contributed by atoms with Crippen molar-refractivity contribution in [1.82, 2.24) is 0 Å². The molecule has 2 heteroatoms. The lowest BCUT2D eigenvalue weighted by Crippen LogP contribution is -2.00. The van der Waals surface area contributed by atoms with Gasteiger partial charge in [-0.15, -0.1) is 0 Å². The molecule has 58 valence electrons. The Labute approximate surface area is 62.1 Å². The highest BCUT2D eigenvalue weighted by atomic mass is 16.5. The van der Waals surface area contributed by atoms with Gasteiger partial charge in [-0.2, -0.15) is 0 Å². The molecule has 0 heterocycles. The fourth-order valence-electron chi connectivity index (χ4n) is 1.04. The molecule has 0 aromatic heterocycles. The van der Waals surface area contributed by atoms with Crippen LogP contribution in [0.2, 0.25) is 0 Å². The van der Waals surface area contributed by atoms with Crippen LogP contribution in [0.3, 0.4) is 0 Å². The summed E-state index contributed by atoms with van der Waals surface area (Å²) in [6, 6.07) is 0. The third kappa shape index (κ3) is 2.48. The van der Waals surface area contributed by atoms with E-state index in [0.717, 1.165) is 25.2 Å². The fourth-order valence-corrected chi connectivity index (χ4v) is 1.04. The van der Waals surface area contributed by atoms with Gasteiger partial charge >= 0.3 is 0 Å². The van der Waals surface area contributed by atoms with Crippen molar-refractivity contribution < 1.29 is 4.74 Å². The van der Waals surface area contributed by atoms with Crippen LogP contribution in [0.5, 0.6) is 0 Å². The number of hydrogen-bond donors (Lipinski definition) is 1. The first kappa shape index (κ1) is 7.73. The molecule has 1 aliphatic rings. The Balaban J connectivity index is 1.95. The quantitative estimate of drug-likeness (QED) is 0.460. The summed E-state index contributed by atoms with van der Waals surface area (Å²) in [4.78, 5) is 0. The van der Waals surface area contributed by atoms with Gasteiger partial charge in [0.05, 0.1) is 0 Å². The Kier molecular flexibility index (Phi) is 2.87. The molecule has 0 aromatic carbocycles. The lowest BCUT2D eigenvalue weighted by molar-refractivity contribution is 0.196. The van der Waals surface area contributed by atoms with E-state index in [2.05, 4.69) is 0 Å². The van der Waals surface area contributed by atoms with Crippen LogP contribution < -0.4 is 0 Å². The monoisotopic (exact) mass is 141 g/mol. The molecule has 0 radical (unpaired) electrons. The van der Waals surface area contributed by atoms with Crippen molar-refractivity contribution in [3.05, 3.63) is 0 Å². The van der Waals surface area contributed by atoms with Crippen molar-refractivity contribution in [2.24, 2.45) is 5.92 Å². The molecule has 0 aromatic rings. The lowest BCUT2D eigenvalue weighted by atomic mass is 10.1. The second-order valence-corrected chi connectivity index (χ2v) is 2.90. The number of nitrogens with one attached hydrogen (secondary N) is 1. The normalized spacial score (nSPS) is 17.3. The molecule has 1 N–H and O–H groups in total. The van der Waals surface area contributed by atoms with Crippen LogP contribution in [0, 0.1) is 11.3 Å². The molecule has 0 aliphatic heterocycles.